The molecule has 0 bridgehead atoms. The fourth-order valence-corrected chi connectivity index (χ4v) is 5.71. The fraction of sp³-hybridized carbons (Fsp3) is 0.240. The molecule has 2 aromatic carbocycles. The van der Waals surface area contributed by atoms with Crippen LogP contribution in [0.2, 0.25) is 0 Å². The summed E-state index contributed by atoms with van der Waals surface area (Å²) in [6, 6.07) is 8.02. The average Bonchev–Trinajstić information content (AvgIpc) is 3.50. The first-order chi connectivity index (χ1) is 16.8. The number of likely N-dealkylation sites (tertiary alicyclic amines) is 1. The number of ether oxygens (including phenoxy) is 1. The number of carboxylic acids is 1. The SMILES string of the molecule is O=C(O)c1c(NS(=O)(=O)c2ccc(F)cc2/C=C\CN2CCCC2)ccc2c1OCc1occc1-2. The Hall–Kier alpha value is -3.63. The first kappa shape index (κ1) is 23.1. The van der Waals surface area contributed by atoms with Gasteiger partial charge in [0.25, 0.3) is 10.0 Å². The van der Waals surface area contributed by atoms with Gasteiger partial charge >= 0.3 is 5.97 Å². The number of fused-ring (bicyclic) bond motifs is 3. The molecule has 0 aliphatic carbocycles. The smallest absolute Gasteiger partial charge is 0.341 e. The molecule has 1 aromatic heterocycles. The average molecular weight is 499 g/mol. The second-order valence-electron chi connectivity index (χ2n) is 8.41. The number of nitrogens with zero attached hydrogens (tertiary/aromatic N) is 1. The molecule has 5 rings (SSSR count). The van der Waals surface area contributed by atoms with E-state index in [4.69, 9.17) is 9.15 Å². The third-order valence-electron chi connectivity index (χ3n) is 6.12. The first-order valence-corrected chi connectivity index (χ1v) is 12.6. The van der Waals surface area contributed by atoms with Crippen molar-refractivity contribution in [1.82, 2.24) is 4.90 Å². The lowest BCUT2D eigenvalue weighted by Gasteiger charge is -2.21. The highest BCUT2D eigenvalue weighted by atomic mass is 32.2. The molecule has 3 aromatic rings. The van der Waals surface area contributed by atoms with Gasteiger partial charge in [-0.05, 0) is 67.9 Å². The summed E-state index contributed by atoms with van der Waals surface area (Å²) in [5.74, 6) is -1.32. The van der Waals surface area contributed by atoms with Crippen LogP contribution in [0, 0.1) is 5.82 Å². The second-order valence-corrected chi connectivity index (χ2v) is 10.1. The van der Waals surface area contributed by atoms with Crippen molar-refractivity contribution in [2.45, 2.75) is 24.3 Å². The molecule has 1 saturated heterocycles. The summed E-state index contributed by atoms with van der Waals surface area (Å²) in [5.41, 5.74) is 0.885. The van der Waals surface area contributed by atoms with Crippen LogP contribution < -0.4 is 9.46 Å². The summed E-state index contributed by atoms with van der Waals surface area (Å²) in [6.07, 6.45) is 7.10. The van der Waals surface area contributed by atoms with E-state index in [0.717, 1.165) is 38.1 Å². The zero-order valence-corrected chi connectivity index (χ0v) is 19.5. The predicted molar refractivity (Wildman–Crippen MR) is 127 cm³/mol. The summed E-state index contributed by atoms with van der Waals surface area (Å²) >= 11 is 0. The molecular weight excluding hydrogens is 475 g/mol. The second kappa shape index (κ2) is 9.20. The third kappa shape index (κ3) is 4.54. The zero-order chi connectivity index (χ0) is 24.6. The van der Waals surface area contributed by atoms with Crippen molar-refractivity contribution in [3.8, 4) is 16.9 Å². The van der Waals surface area contributed by atoms with Gasteiger partial charge in [-0.3, -0.25) is 9.62 Å². The molecule has 0 saturated carbocycles. The van der Waals surface area contributed by atoms with Crippen LogP contribution in [0.3, 0.4) is 0 Å². The van der Waals surface area contributed by atoms with Gasteiger partial charge in [-0.1, -0.05) is 12.2 Å². The minimum atomic E-state index is -4.26. The van der Waals surface area contributed by atoms with Crippen molar-refractivity contribution in [1.29, 1.82) is 0 Å². The maximum Gasteiger partial charge on any atom is 0.341 e. The van der Waals surface area contributed by atoms with E-state index in [1.807, 2.05) is 0 Å². The molecule has 0 unspecified atom stereocenters. The van der Waals surface area contributed by atoms with Crippen molar-refractivity contribution in [3.63, 3.8) is 0 Å². The highest BCUT2D eigenvalue weighted by Crippen LogP contribution is 2.43. The van der Waals surface area contributed by atoms with Crippen LogP contribution in [0.25, 0.3) is 17.2 Å². The summed E-state index contributed by atoms with van der Waals surface area (Å²) < 4.78 is 54.0. The van der Waals surface area contributed by atoms with Crippen molar-refractivity contribution < 1.29 is 31.9 Å². The van der Waals surface area contributed by atoms with Crippen LogP contribution in [-0.2, 0) is 16.6 Å². The topological polar surface area (TPSA) is 109 Å². The maximum absolute atomic E-state index is 14.0. The number of anilines is 1. The molecule has 8 nitrogen and oxygen atoms in total. The number of carboxylic acid groups (broad SMARTS) is 1. The molecule has 0 spiro atoms. The summed E-state index contributed by atoms with van der Waals surface area (Å²) in [5, 5.41) is 9.89. The molecular formula is C25H23FN2O6S. The fourth-order valence-electron chi connectivity index (χ4n) is 4.46. The molecule has 2 aliphatic rings. The Balaban J connectivity index is 1.49. The van der Waals surface area contributed by atoms with Crippen molar-refractivity contribution >= 4 is 27.8 Å². The normalized spacial score (nSPS) is 15.6. The van der Waals surface area contributed by atoms with Gasteiger partial charge in [0.15, 0.2) is 0 Å². The van der Waals surface area contributed by atoms with Gasteiger partial charge in [-0.25, -0.2) is 17.6 Å². The van der Waals surface area contributed by atoms with Crippen LogP contribution in [-0.4, -0.2) is 44.0 Å². The first-order valence-electron chi connectivity index (χ1n) is 11.1. The Morgan fingerprint density at radius 2 is 1.94 bits per heavy atom. The van der Waals surface area contributed by atoms with Crippen LogP contribution in [0.15, 0.2) is 58.1 Å². The highest BCUT2D eigenvalue weighted by Gasteiger charge is 2.30. The Morgan fingerprint density at radius 3 is 2.71 bits per heavy atom. The Bertz CT molecular complexity index is 1420. The molecule has 182 valence electrons. The maximum atomic E-state index is 14.0. The van der Waals surface area contributed by atoms with E-state index in [2.05, 4.69) is 9.62 Å². The van der Waals surface area contributed by atoms with Gasteiger partial charge in [0.2, 0.25) is 0 Å². The summed E-state index contributed by atoms with van der Waals surface area (Å²) in [6.45, 7) is 2.60. The van der Waals surface area contributed by atoms with E-state index >= 15 is 0 Å². The van der Waals surface area contributed by atoms with Gasteiger partial charge < -0.3 is 14.3 Å². The number of hydrogen-bond acceptors (Lipinski definition) is 6. The van der Waals surface area contributed by atoms with Crippen LogP contribution >= 0.6 is 0 Å². The number of benzene rings is 2. The van der Waals surface area contributed by atoms with E-state index in [0.29, 0.717) is 23.4 Å². The molecule has 0 atom stereocenters. The lowest BCUT2D eigenvalue weighted by Crippen LogP contribution is -2.19. The monoisotopic (exact) mass is 498 g/mol. The van der Waals surface area contributed by atoms with Crippen molar-refractivity contribution in [3.05, 3.63) is 71.4 Å². The molecule has 35 heavy (non-hydrogen) atoms. The number of nitrogens with one attached hydrogen (secondary N) is 1. The Kier molecular flexibility index (Phi) is 6.08. The standard InChI is InChI=1S/C25H23FN2O6S/c26-17-5-8-22(16(14-17)4-3-12-28-10-1-2-11-28)35(31,32)27-20-7-6-19-18-9-13-33-21(18)15-34-24(19)23(20)25(29)30/h3-9,13-14,27H,1-2,10-12,15H2,(H,29,30)/b4-3-. The minimum Gasteiger partial charge on any atom is -0.484 e. The number of sulfonamides is 1. The van der Waals surface area contributed by atoms with Crippen LogP contribution in [0.4, 0.5) is 10.1 Å². The molecule has 2 N–H and O–H groups in total. The number of carbonyl (C=O) groups is 1. The van der Waals surface area contributed by atoms with Gasteiger partial charge in [0.05, 0.1) is 16.8 Å². The van der Waals surface area contributed by atoms with Crippen LogP contribution in [0.1, 0.15) is 34.5 Å². The molecule has 1 fully saturated rings. The molecule has 3 heterocycles. The minimum absolute atomic E-state index is 0.0236. The largest absolute Gasteiger partial charge is 0.484 e. The van der Waals surface area contributed by atoms with E-state index in [9.17, 15) is 22.7 Å². The predicted octanol–water partition coefficient (Wildman–Crippen LogP) is 4.59. The molecule has 0 radical (unpaired) electrons. The quantitative estimate of drug-likeness (QED) is 0.491. The number of rotatable bonds is 7. The highest BCUT2D eigenvalue weighted by molar-refractivity contribution is 7.92. The Morgan fingerprint density at radius 1 is 1.14 bits per heavy atom. The van der Waals surface area contributed by atoms with Gasteiger partial charge in [0, 0.05) is 17.7 Å². The number of halogens is 1. The van der Waals surface area contributed by atoms with Crippen LogP contribution in [0.5, 0.6) is 5.75 Å². The summed E-state index contributed by atoms with van der Waals surface area (Å²) in [4.78, 5) is 14.2. The zero-order valence-electron chi connectivity index (χ0n) is 18.7. The van der Waals surface area contributed by atoms with E-state index in [1.165, 1.54) is 18.4 Å². The number of aromatic carboxylic acids is 1. The summed E-state index contributed by atoms with van der Waals surface area (Å²) in [7, 11) is -4.26. The van der Waals surface area contributed by atoms with E-state index in [-0.39, 0.29) is 34.1 Å². The van der Waals surface area contributed by atoms with Gasteiger partial charge in [-0.15, -0.1) is 0 Å². The number of hydrogen-bond donors (Lipinski definition) is 2. The van der Waals surface area contributed by atoms with E-state index < -0.39 is 21.8 Å². The molecule has 0 amide bonds. The lowest BCUT2D eigenvalue weighted by atomic mass is 9.98. The van der Waals surface area contributed by atoms with Gasteiger partial charge in [-0.2, -0.15) is 0 Å². The molecule has 10 heteroatoms. The van der Waals surface area contributed by atoms with Gasteiger partial charge in [0.1, 0.15) is 29.5 Å². The van der Waals surface area contributed by atoms with E-state index in [1.54, 1.807) is 24.3 Å². The third-order valence-corrected chi connectivity index (χ3v) is 7.56. The molecule has 2 aliphatic heterocycles. The van der Waals surface area contributed by atoms with Crippen molar-refractivity contribution in [2.24, 2.45) is 0 Å². The Labute approximate surface area is 201 Å². The number of furan rings is 1. The van der Waals surface area contributed by atoms with Crippen molar-refractivity contribution in [2.75, 3.05) is 24.4 Å². The lowest BCUT2D eigenvalue weighted by molar-refractivity contribution is 0.0692.